The van der Waals surface area contributed by atoms with Crippen molar-refractivity contribution in [2.75, 3.05) is 20.1 Å². The van der Waals surface area contributed by atoms with Gasteiger partial charge in [-0.15, -0.1) is 11.3 Å². The Hall–Kier alpha value is -1.87. The van der Waals surface area contributed by atoms with E-state index in [-0.39, 0.29) is 23.2 Å². The number of aromatic nitrogens is 1. The van der Waals surface area contributed by atoms with E-state index in [1.165, 1.54) is 6.92 Å². The van der Waals surface area contributed by atoms with Gasteiger partial charge in [0.15, 0.2) is 0 Å². The van der Waals surface area contributed by atoms with Crippen LogP contribution in [0.15, 0.2) is 16.7 Å². The van der Waals surface area contributed by atoms with E-state index in [0.29, 0.717) is 22.8 Å². The van der Waals surface area contributed by atoms with Crippen LogP contribution in [0, 0.1) is 6.92 Å². The number of alkyl halides is 3. The fourth-order valence-electron chi connectivity index (χ4n) is 2.96. The van der Waals surface area contributed by atoms with E-state index >= 15 is 0 Å². The molecule has 1 atom stereocenters. The van der Waals surface area contributed by atoms with Gasteiger partial charge in [0.05, 0.1) is 9.75 Å². The zero-order valence-corrected chi connectivity index (χ0v) is 14.6. The number of carbonyl (C=O) groups is 1. The topological polar surface area (TPSA) is 58.4 Å². The predicted octanol–water partition coefficient (Wildman–Crippen LogP) is 3.55. The van der Waals surface area contributed by atoms with Crippen LogP contribution >= 0.6 is 11.3 Å². The van der Waals surface area contributed by atoms with Crippen molar-refractivity contribution in [2.24, 2.45) is 0 Å². The van der Waals surface area contributed by atoms with Gasteiger partial charge >= 0.3 is 6.18 Å². The Morgan fingerprint density at radius 2 is 2.20 bits per heavy atom. The van der Waals surface area contributed by atoms with Crippen molar-refractivity contribution in [1.82, 2.24) is 15.4 Å². The van der Waals surface area contributed by atoms with Crippen LogP contribution in [0.5, 0.6) is 0 Å². The van der Waals surface area contributed by atoms with Gasteiger partial charge in [-0.25, -0.2) is 0 Å². The summed E-state index contributed by atoms with van der Waals surface area (Å²) < 4.78 is 42.9. The second kappa shape index (κ2) is 6.80. The van der Waals surface area contributed by atoms with Crippen LogP contribution in [0.4, 0.5) is 13.2 Å². The molecule has 1 fully saturated rings. The van der Waals surface area contributed by atoms with Gasteiger partial charge < -0.3 is 14.7 Å². The summed E-state index contributed by atoms with van der Waals surface area (Å²) in [4.78, 5) is 15.4. The van der Waals surface area contributed by atoms with E-state index in [1.807, 2.05) is 7.05 Å². The van der Waals surface area contributed by atoms with Crippen molar-refractivity contribution >= 4 is 17.2 Å². The monoisotopic (exact) mass is 373 g/mol. The molecular weight excluding hydrogens is 355 g/mol. The number of amides is 1. The Bertz CT molecular complexity index is 769. The Kier molecular flexibility index (Phi) is 4.88. The first-order valence-corrected chi connectivity index (χ1v) is 8.73. The molecule has 0 unspecified atom stereocenters. The summed E-state index contributed by atoms with van der Waals surface area (Å²) in [6.45, 7) is 2.63. The van der Waals surface area contributed by atoms with Crippen LogP contribution in [0.2, 0.25) is 0 Å². The summed E-state index contributed by atoms with van der Waals surface area (Å²) in [5, 5.41) is 6.72. The molecule has 3 heterocycles. The maximum Gasteiger partial charge on any atom is 0.452 e. The molecule has 1 N–H and O–H groups in total. The molecule has 1 saturated heterocycles. The number of rotatable bonds is 3. The third-order valence-corrected chi connectivity index (χ3v) is 5.43. The summed E-state index contributed by atoms with van der Waals surface area (Å²) in [5.74, 6) is -1.20. The number of hydrogen-bond acceptors (Lipinski definition) is 5. The molecule has 0 spiro atoms. The molecule has 3 rings (SSSR count). The third-order valence-electron chi connectivity index (χ3n) is 4.35. The van der Waals surface area contributed by atoms with Gasteiger partial charge in [-0.3, -0.25) is 4.79 Å². The van der Waals surface area contributed by atoms with Gasteiger partial charge in [-0.05, 0) is 38.9 Å². The first-order valence-electron chi connectivity index (χ1n) is 7.91. The number of nitrogens with zero attached hydrogens (tertiary/aromatic N) is 2. The van der Waals surface area contributed by atoms with E-state index in [4.69, 9.17) is 0 Å². The lowest BCUT2D eigenvalue weighted by atomic mass is 10.1. The second-order valence-corrected chi connectivity index (χ2v) is 7.11. The van der Waals surface area contributed by atoms with Crippen LogP contribution in [-0.4, -0.2) is 42.1 Å². The molecule has 1 amide bonds. The van der Waals surface area contributed by atoms with Crippen LogP contribution in [-0.2, 0) is 6.18 Å². The molecule has 2 aromatic rings. The number of nitrogens with one attached hydrogen (secondary N) is 1. The highest BCUT2D eigenvalue weighted by molar-refractivity contribution is 7.17. The molecule has 0 saturated carbocycles. The van der Waals surface area contributed by atoms with E-state index in [1.54, 1.807) is 17.0 Å². The number of likely N-dealkylation sites (N-methyl/N-ethyl adjacent to an activating group) is 1. The average Bonchev–Trinajstić information content (AvgIpc) is 3.20. The summed E-state index contributed by atoms with van der Waals surface area (Å²) in [6.07, 6.45) is -2.64. The molecule has 0 aliphatic carbocycles. The van der Waals surface area contributed by atoms with Crippen molar-refractivity contribution < 1.29 is 22.5 Å². The van der Waals surface area contributed by atoms with Crippen LogP contribution in [0.25, 0.3) is 10.6 Å². The Morgan fingerprint density at radius 3 is 2.84 bits per heavy atom. The largest absolute Gasteiger partial charge is 0.452 e. The number of halogens is 3. The third kappa shape index (κ3) is 3.57. The molecule has 136 valence electrons. The standard InChI is InChI=1S/C16H18F3N3O2S/c1-9-13(21-24-14(9)16(17,18)19)11-5-6-12(25-11)15(23)22-7-3-4-10(8-22)20-2/h5-6,10,20H,3-4,7-8H2,1-2H3/t10-/m1/s1. The molecule has 1 aliphatic rings. The zero-order chi connectivity index (χ0) is 18.2. The minimum atomic E-state index is -4.58. The summed E-state index contributed by atoms with van der Waals surface area (Å²) in [6, 6.07) is 3.51. The molecule has 0 bridgehead atoms. The van der Waals surface area contributed by atoms with Gasteiger partial charge in [0.25, 0.3) is 5.91 Å². The van der Waals surface area contributed by atoms with Gasteiger partial charge in [0, 0.05) is 24.7 Å². The zero-order valence-electron chi connectivity index (χ0n) is 13.8. The molecule has 5 nitrogen and oxygen atoms in total. The number of likely N-dealkylation sites (tertiary alicyclic amines) is 1. The lowest BCUT2D eigenvalue weighted by Gasteiger charge is -2.32. The molecule has 9 heteroatoms. The molecular formula is C16H18F3N3O2S. The first kappa shape index (κ1) is 17.9. The minimum absolute atomic E-state index is 0.0680. The highest BCUT2D eigenvalue weighted by atomic mass is 32.1. The van der Waals surface area contributed by atoms with E-state index in [0.717, 1.165) is 24.2 Å². The summed E-state index contributed by atoms with van der Waals surface area (Å²) in [5.41, 5.74) is 0.0599. The quantitative estimate of drug-likeness (QED) is 0.894. The Morgan fingerprint density at radius 1 is 1.44 bits per heavy atom. The number of piperidine rings is 1. The predicted molar refractivity (Wildman–Crippen MR) is 87.5 cm³/mol. The number of carbonyl (C=O) groups excluding carboxylic acids is 1. The normalized spacial score (nSPS) is 18.6. The molecule has 0 radical (unpaired) electrons. The maximum absolute atomic E-state index is 12.8. The van der Waals surface area contributed by atoms with E-state index in [2.05, 4.69) is 15.0 Å². The van der Waals surface area contributed by atoms with Crippen molar-refractivity contribution in [3.63, 3.8) is 0 Å². The number of hydrogen-bond donors (Lipinski definition) is 1. The highest BCUT2D eigenvalue weighted by Gasteiger charge is 2.39. The van der Waals surface area contributed by atoms with Crippen LogP contribution < -0.4 is 5.32 Å². The lowest BCUT2D eigenvalue weighted by Crippen LogP contribution is -2.46. The van der Waals surface area contributed by atoms with Crippen LogP contribution in [0.1, 0.15) is 33.8 Å². The Balaban J connectivity index is 1.81. The van der Waals surface area contributed by atoms with Gasteiger partial charge in [-0.2, -0.15) is 13.2 Å². The molecule has 2 aromatic heterocycles. The van der Waals surface area contributed by atoms with Crippen molar-refractivity contribution in [3.05, 3.63) is 28.3 Å². The van der Waals surface area contributed by atoms with E-state index < -0.39 is 11.9 Å². The van der Waals surface area contributed by atoms with Crippen molar-refractivity contribution in [3.8, 4) is 10.6 Å². The van der Waals surface area contributed by atoms with Crippen LogP contribution in [0.3, 0.4) is 0 Å². The van der Waals surface area contributed by atoms with Crippen molar-refractivity contribution in [2.45, 2.75) is 32.0 Å². The van der Waals surface area contributed by atoms with Gasteiger partial charge in [0.1, 0.15) is 5.69 Å². The van der Waals surface area contributed by atoms with Gasteiger partial charge in [-0.1, -0.05) is 5.16 Å². The Labute approximate surface area is 146 Å². The van der Waals surface area contributed by atoms with Crippen molar-refractivity contribution in [1.29, 1.82) is 0 Å². The fraction of sp³-hybridized carbons (Fsp3) is 0.500. The second-order valence-electron chi connectivity index (χ2n) is 6.03. The smallest absolute Gasteiger partial charge is 0.351 e. The van der Waals surface area contributed by atoms with E-state index in [9.17, 15) is 18.0 Å². The first-order chi connectivity index (χ1) is 11.8. The molecule has 0 aromatic carbocycles. The summed E-state index contributed by atoms with van der Waals surface area (Å²) in [7, 11) is 1.87. The fourth-order valence-corrected chi connectivity index (χ4v) is 3.98. The molecule has 25 heavy (non-hydrogen) atoms. The van der Waals surface area contributed by atoms with Gasteiger partial charge in [0.2, 0.25) is 5.76 Å². The summed E-state index contributed by atoms with van der Waals surface area (Å²) >= 11 is 1.13. The SMILES string of the molecule is CN[C@@H]1CCCN(C(=O)c2ccc(-c3noc(C(F)(F)F)c3C)s2)C1. The number of thiophene rings is 1. The lowest BCUT2D eigenvalue weighted by molar-refractivity contribution is -0.156. The highest BCUT2D eigenvalue weighted by Crippen LogP contribution is 2.38. The average molecular weight is 373 g/mol. The molecule has 1 aliphatic heterocycles. The maximum atomic E-state index is 12.8. The minimum Gasteiger partial charge on any atom is -0.351 e.